The molecule has 0 saturated carbocycles. The van der Waals surface area contributed by atoms with Crippen molar-refractivity contribution in [3.63, 3.8) is 0 Å². The number of benzene rings is 1. The molecule has 0 aromatic heterocycles. The Kier molecular flexibility index (Phi) is 4.31. The Labute approximate surface area is 108 Å². The van der Waals surface area contributed by atoms with E-state index in [4.69, 9.17) is 0 Å². The lowest BCUT2D eigenvalue weighted by Crippen LogP contribution is -2.34. The minimum atomic E-state index is -0.349. The van der Waals surface area contributed by atoms with Gasteiger partial charge < -0.3 is 0 Å². The Bertz CT molecular complexity index is 403. The molecule has 2 rings (SSSR count). The molecule has 0 amide bonds. The molecule has 18 heavy (non-hydrogen) atoms. The zero-order valence-corrected chi connectivity index (χ0v) is 10.8. The van der Waals surface area contributed by atoms with E-state index in [0.717, 1.165) is 31.1 Å². The zero-order chi connectivity index (χ0) is 13.0. The molecule has 1 unspecified atom stereocenters. The summed E-state index contributed by atoms with van der Waals surface area (Å²) in [5, 5.41) is 10.6. The van der Waals surface area contributed by atoms with E-state index >= 15 is 0 Å². The van der Waals surface area contributed by atoms with Gasteiger partial charge in [-0.1, -0.05) is 25.5 Å². The molecule has 1 atom stereocenters. The lowest BCUT2D eigenvalue weighted by Gasteiger charge is -2.32. The number of nitro benzene ring substituents is 1. The molecule has 1 aliphatic heterocycles. The van der Waals surface area contributed by atoms with Crippen molar-refractivity contribution >= 4 is 5.69 Å². The highest BCUT2D eigenvalue weighted by molar-refractivity contribution is 5.32. The fraction of sp³-hybridized carbons (Fsp3) is 0.571. The summed E-state index contributed by atoms with van der Waals surface area (Å²) in [4.78, 5) is 12.7. The third kappa shape index (κ3) is 3.29. The van der Waals surface area contributed by atoms with Crippen LogP contribution in [0.25, 0.3) is 0 Å². The third-order valence-corrected chi connectivity index (χ3v) is 3.73. The van der Waals surface area contributed by atoms with Crippen LogP contribution in [-0.2, 0) is 6.54 Å². The van der Waals surface area contributed by atoms with Gasteiger partial charge in [0.1, 0.15) is 0 Å². The maximum Gasteiger partial charge on any atom is 0.269 e. The van der Waals surface area contributed by atoms with Gasteiger partial charge in [0.05, 0.1) is 4.92 Å². The summed E-state index contributed by atoms with van der Waals surface area (Å²) in [5.74, 6) is 0.816. The summed E-state index contributed by atoms with van der Waals surface area (Å²) in [7, 11) is 0. The Hall–Kier alpha value is -1.42. The van der Waals surface area contributed by atoms with Crippen LogP contribution < -0.4 is 0 Å². The number of hydrogen-bond acceptors (Lipinski definition) is 3. The first kappa shape index (κ1) is 13.0. The van der Waals surface area contributed by atoms with Gasteiger partial charge in [-0.2, -0.15) is 0 Å². The maximum atomic E-state index is 10.6. The van der Waals surface area contributed by atoms with Crippen molar-refractivity contribution in [2.45, 2.75) is 32.7 Å². The number of nitro groups is 1. The van der Waals surface area contributed by atoms with Gasteiger partial charge in [-0.15, -0.1) is 0 Å². The average Bonchev–Trinajstić information content (AvgIpc) is 2.39. The maximum absolute atomic E-state index is 10.6. The second-order valence-corrected chi connectivity index (χ2v) is 5.08. The molecule has 1 aromatic rings. The van der Waals surface area contributed by atoms with E-state index in [9.17, 15) is 10.1 Å². The molecular formula is C14H20N2O2. The molecule has 0 radical (unpaired) electrons. The number of rotatable bonds is 4. The van der Waals surface area contributed by atoms with Gasteiger partial charge in [-0.3, -0.25) is 15.0 Å². The van der Waals surface area contributed by atoms with Crippen molar-refractivity contribution in [3.8, 4) is 0 Å². The predicted octanol–water partition coefficient (Wildman–Crippen LogP) is 3.22. The van der Waals surface area contributed by atoms with Crippen molar-refractivity contribution in [1.82, 2.24) is 4.90 Å². The topological polar surface area (TPSA) is 46.4 Å². The Morgan fingerprint density at radius 3 is 2.72 bits per heavy atom. The molecule has 1 heterocycles. The molecule has 0 spiro atoms. The minimum Gasteiger partial charge on any atom is -0.299 e. The highest BCUT2D eigenvalue weighted by atomic mass is 16.6. The molecule has 0 bridgehead atoms. The van der Waals surface area contributed by atoms with Gasteiger partial charge in [0.2, 0.25) is 0 Å². The summed E-state index contributed by atoms with van der Waals surface area (Å²) in [6.07, 6.45) is 3.86. The SMILES string of the molecule is CCC1CCCN(Cc2ccc([N+](=O)[O-])cc2)C1. The molecule has 0 aliphatic carbocycles. The van der Waals surface area contributed by atoms with Crippen molar-refractivity contribution in [1.29, 1.82) is 0 Å². The molecule has 0 N–H and O–H groups in total. The third-order valence-electron chi connectivity index (χ3n) is 3.73. The van der Waals surface area contributed by atoms with Crippen molar-refractivity contribution in [3.05, 3.63) is 39.9 Å². The summed E-state index contributed by atoms with van der Waals surface area (Å²) in [6.45, 7) is 5.47. The molecule has 4 nitrogen and oxygen atoms in total. The van der Waals surface area contributed by atoms with E-state index in [0.29, 0.717) is 0 Å². The second-order valence-electron chi connectivity index (χ2n) is 5.08. The van der Waals surface area contributed by atoms with E-state index in [1.807, 2.05) is 12.1 Å². The second kappa shape index (κ2) is 5.96. The molecule has 98 valence electrons. The van der Waals surface area contributed by atoms with E-state index < -0.39 is 0 Å². The monoisotopic (exact) mass is 248 g/mol. The highest BCUT2D eigenvalue weighted by Crippen LogP contribution is 2.21. The van der Waals surface area contributed by atoms with Crippen molar-refractivity contribution < 1.29 is 4.92 Å². The molecular weight excluding hydrogens is 228 g/mol. The van der Waals surface area contributed by atoms with Crippen LogP contribution in [0.3, 0.4) is 0 Å². The van der Waals surface area contributed by atoms with Crippen LogP contribution in [0.5, 0.6) is 0 Å². The average molecular weight is 248 g/mol. The summed E-state index contributed by atoms with van der Waals surface area (Å²) < 4.78 is 0. The lowest BCUT2D eigenvalue weighted by molar-refractivity contribution is -0.384. The molecule has 1 fully saturated rings. The molecule has 1 aromatic carbocycles. The van der Waals surface area contributed by atoms with Gasteiger partial charge in [0.25, 0.3) is 5.69 Å². The van der Waals surface area contributed by atoms with Gasteiger partial charge in [0.15, 0.2) is 0 Å². The molecule has 4 heteroatoms. The first-order valence-electron chi connectivity index (χ1n) is 6.64. The summed E-state index contributed by atoms with van der Waals surface area (Å²) in [6, 6.07) is 6.93. The van der Waals surface area contributed by atoms with Crippen LogP contribution >= 0.6 is 0 Å². The largest absolute Gasteiger partial charge is 0.299 e. The van der Waals surface area contributed by atoms with Gasteiger partial charge in [-0.05, 0) is 30.9 Å². The normalized spacial score (nSPS) is 20.8. The number of nitrogens with zero attached hydrogens (tertiary/aromatic N) is 2. The van der Waals surface area contributed by atoms with Crippen LogP contribution in [0, 0.1) is 16.0 Å². The van der Waals surface area contributed by atoms with Gasteiger partial charge in [0, 0.05) is 25.2 Å². The van der Waals surface area contributed by atoms with Crippen LogP contribution in [0.4, 0.5) is 5.69 Å². The first-order chi connectivity index (χ1) is 8.69. The zero-order valence-electron chi connectivity index (χ0n) is 10.8. The molecule has 1 saturated heterocycles. The van der Waals surface area contributed by atoms with Crippen molar-refractivity contribution in [2.24, 2.45) is 5.92 Å². The Morgan fingerprint density at radius 2 is 2.11 bits per heavy atom. The number of likely N-dealkylation sites (tertiary alicyclic amines) is 1. The number of hydrogen-bond donors (Lipinski definition) is 0. The van der Waals surface area contributed by atoms with Gasteiger partial charge in [-0.25, -0.2) is 0 Å². The number of non-ortho nitro benzene ring substituents is 1. The molecule has 1 aliphatic rings. The van der Waals surface area contributed by atoms with E-state index in [1.54, 1.807) is 12.1 Å². The quantitative estimate of drug-likeness (QED) is 0.607. The summed E-state index contributed by atoms with van der Waals surface area (Å²) >= 11 is 0. The van der Waals surface area contributed by atoms with E-state index in [-0.39, 0.29) is 10.6 Å². The Morgan fingerprint density at radius 1 is 1.39 bits per heavy atom. The number of piperidine rings is 1. The van der Waals surface area contributed by atoms with E-state index in [2.05, 4.69) is 11.8 Å². The lowest BCUT2D eigenvalue weighted by atomic mass is 9.95. The van der Waals surface area contributed by atoms with Crippen LogP contribution in [0.15, 0.2) is 24.3 Å². The smallest absolute Gasteiger partial charge is 0.269 e. The fourth-order valence-corrected chi connectivity index (χ4v) is 2.61. The first-order valence-corrected chi connectivity index (χ1v) is 6.64. The highest BCUT2D eigenvalue weighted by Gasteiger charge is 2.18. The van der Waals surface area contributed by atoms with Crippen LogP contribution in [-0.4, -0.2) is 22.9 Å². The van der Waals surface area contributed by atoms with Gasteiger partial charge >= 0.3 is 0 Å². The standard InChI is InChI=1S/C14H20N2O2/c1-2-12-4-3-9-15(10-12)11-13-5-7-14(8-6-13)16(17)18/h5-8,12H,2-4,9-11H2,1H3. The fourth-order valence-electron chi connectivity index (χ4n) is 2.61. The van der Waals surface area contributed by atoms with Crippen LogP contribution in [0.1, 0.15) is 31.7 Å². The van der Waals surface area contributed by atoms with E-state index in [1.165, 1.54) is 19.3 Å². The Balaban J connectivity index is 1.94. The van der Waals surface area contributed by atoms with Crippen LogP contribution in [0.2, 0.25) is 0 Å². The minimum absolute atomic E-state index is 0.170. The summed E-state index contributed by atoms with van der Waals surface area (Å²) in [5.41, 5.74) is 1.33. The van der Waals surface area contributed by atoms with Crippen molar-refractivity contribution in [2.75, 3.05) is 13.1 Å². The predicted molar refractivity (Wildman–Crippen MR) is 71.4 cm³/mol.